The molecule has 0 bridgehead atoms. The number of hydrogen-bond acceptors (Lipinski definition) is 15. The molecule has 0 N–H and O–H groups in total. The van der Waals surface area contributed by atoms with Gasteiger partial charge in [-0.25, -0.2) is 24.9 Å². The predicted octanol–water partition coefficient (Wildman–Crippen LogP) is 19.9. The van der Waals surface area contributed by atoms with Gasteiger partial charge in [0.15, 0.2) is 0 Å². The molecule has 7 heterocycles. The van der Waals surface area contributed by atoms with Crippen molar-refractivity contribution in [3.05, 3.63) is 167 Å². The van der Waals surface area contributed by atoms with Crippen molar-refractivity contribution in [1.29, 1.82) is 0 Å². The van der Waals surface area contributed by atoms with Crippen LogP contribution in [0.3, 0.4) is 0 Å². The Kier molecular flexibility index (Phi) is 55.5. The van der Waals surface area contributed by atoms with Gasteiger partial charge in [0.25, 0.3) is 0 Å². The van der Waals surface area contributed by atoms with E-state index in [1.807, 2.05) is 120 Å². The van der Waals surface area contributed by atoms with E-state index in [0.717, 1.165) is 59.8 Å². The number of nitrogens with zero attached hydrogens (tertiary/aromatic N) is 13. The topological polar surface area (TPSA) is 177 Å². The Balaban J connectivity index is -0.000000297. The average Bonchev–Trinajstić information content (AvgIpc) is 4.21. The minimum Gasteiger partial charge on any atom is -0.399 e. The van der Waals surface area contributed by atoms with Crippen molar-refractivity contribution >= 4 is 23.8 Å². The summed E-state index contributed by atoms with van der Waals surface area (Å²) in [5.74, 6) is 6.22. The Morgan fingerprint density at radius 3 is 1.48 bits per heavy atom. The van der Waals surface area contributed by atoms with Gasteiger partial charge in [-0.15, -0.1) is 11.3 Å². The van der Waals surface area contributed by atoms with Crippen LogP contribution in [0.1, 0.15) is 243 Å². The van der Waals surface area contributed by atoms with Gasteiger partial charge in [-0.1, -0.05) is 177 Å². The van der Waals surface area contributed by atoms with Gasteiger partial charge >= 0.3 is 0 Å². The third-order valence-electron chi connectivity index (χ3n) is 12.0. The highest BCUT2D eigenvalue weighted by Gasteiger charge is 2.47. The van der Waals surface area contributed by atoms with Crippen LogP contribution in [0.25, 0.3) is 0 Å². The van der Waals surface area contributed by atoms with Crippen LogP contribution in [0.2, 0.25) is 0 Å². The molecule has 1 saturated carbocycles. The van der Waals surface area contributed by atoms with Crippen molar-refractivity contribution in [3.8, 4) is 0 Å². The number of hydrogen-bond donors (Lipinski definition) is 0. The molecular weight excluding hydrogens is 1120 g/mol. The molecule has 1 fully saturated rings. The zero-order valence-corrected chi connectivity index (χ0v) is 57.4. The molecule has 7 aromatic rings. The van der Waals surface area contributed by atoms with Gasteiger partial charge in [0, 0.05) is 109 Å². The van der Waals surface area contributed by atoms with Crippen LogP contribution >= 0.6 is 11.3 Å². The van der Waals surface area contributed by atoms with Crippen LogP contribution in [0.4, 0.5) is 0 Å². The third kappa shape index (κ3) is 47.0. The highest BCUT2D eigenvalue weighted by molar-refractivity contribution is 7.07. The van der Waals surface area contributed by atoms with Gasteiger partial charge in [0.05, 0.1) is 22.6 Å². The molecule has 16 heteroatoms. The molecule has 7 aromatic heterocycles. The first-order valence-corrected chi connectivity index (χ1v) is 31.4. The Bertz CT molecular complexity index is 2610. The summed E-state index contributed by atoms with van der Waals surface area (Å²) in [5.41, 5.74) is 11.7. The first-order chi connectivity index (χ1) is 40.3. The van der Waals surface area contributed by atoms with E-state index in [-0.39, 0.29) is 29.7 Å². The maximum Gasteiger partial charge on any atom is 0.130 e. The van der Waals surface area contributed by atoms with E-state index in [1.54, 1.807) is 43.4 Å². The van der Waals surface area contributed by atoms with E-state index in [4.69, 9.17) is 4.84 Å². The summed E-state index contributed by atoms with van der Waals surface area (Å²) in [4.78, 5) is 46.4. The smallest absolute Gasteiger partial charge is 0.130 e. The van der Waals surface area contributed by atoms with Crippen molar-refractivity contribution < 1.29 is 9.68 Å². The zero-order chi connectivity index (χ0) is 64.2. The van der Waals surface area contributed by atoms with Crippen LogP contribution in [0, 0.1) is 49.4 Å². The summed E-state index contributed by atoms with van der Waals surface area (Å²) in [5, 5.41) is 13.4. The second-order valence-corrected chi connectivity index (χ2v) is 24.7. The van der Waals surface area contributed by atoms with Gasteiger partial charge in [0.1, 0.15) is 25.9 Å². The van der Waals surface area contributed by atoms with E-state index in [1.165, 1.54) is 41.2 Å². The summed E-state index contributed by atoms with van der Waals surface area (Å²) in [7, 11) is 3.52. The summed E-state index contributed by atoms with van der Waals surface area (Å²) >= 11 is 1.67. The lowest BCUT2D eigenvalue weighted by Crippen LogP contribution is -2.15. The quantitative estimate of drug-likeness (QED) is 0.0662. The second kappa shape index (κ2) is 54.3. The van der Waals surface area contributed by atoms with Gasteiger partial charge in [-0.05, 0) is 142 Å². The molecule has 0 saturated heterocycles. The lowest BCUT2D eigenvalue weighted by Gasteiger charge is -2.18. The third-order valence-corrected chi connectivity index (χ3v) is 12.7. The summed E-state index contributed by atoms with van der Waals surface area (Å²) in [6.45, 7) is 45.2. The minimum atomic E-state index is 0. The minimum absolute atomic E-state index is 0. The van der Waals surface area contributed by atoms with Crippen LogP contribution in [-0.4, -0.2) is 80.8 Å². The standard InChI is InChI=1S/C11H15N.C9H13N.2C8H12N2.C8H14N2.C7H10N2.C7H11NS.C6H13NO.C5H11NO.4CH4/c1-9(2)11(6-7-11)10-5-3-4-8-12-10;1-8(2)7-9-5-3-4-6-10-9;1-6(2)8-5-9-7(3)4-10-8;1-6(2)8-9-4-7(3)5-10-8;1-7(2)6-8-4-5-9-10(8)3;1-6(2)7-3-8-5-9-4-7;1-6(2)3-7-4-9-5-8-7;1-4-8-7-5-6(2)3;1-5(2)4-6-7-3;;;;/h3-5,8-9H,6-7H2,1-2H3;3-6,8H,7H2,1-2H3;2*4-6H,1-3H3;4-5,7H,6H2,1-3H3;3-6H,1-2H3;4-6H,3H2,1-2H3;5-6H,4H2,1-3H3;4-5H,1-3H3;4*1H4. The highest BCUT2D eigenvalue weighted by Crippen LogP contribution is 2.52. The number of aromatic nitrogens is 11. The molecule has 502 valence electrons. The molecule has 1 aliphatic carbocycles. The number of rotatable bonds is 16. The maximum absolute atomic E-state index is 4.71. The first kappa shape index (κ1) is 91.1. The van der Waals surface area contributed by atoms with Gasteiger partial charge in [-0.2, -0.15) is 5.10 Å². The van der Waals surface area contributed by atoms with Crippen molar-refractivity contribution in [2.45, 2.75) is 230 Å². The summed E-state index contributed by atoms with van der Waals surface area (Å²) in [6, 6.07) is 14.4. The van der Waals surface area contributed by atoms with Crippen LogP contribution in [-0.2, 0) is 41.4 Å². The lowest BCUT2D eigenvalue weighted by molar-refractivity contribution is 0.159. The largest absolute Gasteiger partial charge is 0.399 e. The Labute approximate surface area is 548 Å². The highest BCUT2D eigenvalue weighted by atomic mass is 32.1. The van der Waals surface area contributed by atoms with E-state index in [2.05, 4.69) is 206 Å². The maximum atomic E-state index is 4.71. The van der Waals surface area contributed by atoms with Gasteiger partial charge < -0.3 is 9.68 Å². The summed E-state index contributed by atoms with van der Waals surface area (Å²) < 4.78 is 1.93. The lowest BCUT2D eigenvalue weighted by atomic mass is 9.89. The van der Waals surface area contributed by atoms with Crippen LogP contribution in [0.15, 0.2) is 126 Å². The van der Waals surface area contributed by atoms with E-state index in [0.29, 0.717) is 47.5 Å². The van der Waals surface area contributed by atoms with Crippen molar-refractivity contribution in [2.24, 2.45) is 52.9 Å². The molecule has 1 aliphatic rings. The average molecular weight is 1250 g/mol. The fraction of sp³-hybridized carbons (Fsp3) is 0.589. The number of thiazole rings is 1. The normalized spacial score (nSPS) is 11.3. The fourth-order valence-electron chi connectivity index (χ4n) is 7.07. The molecule has 0 unspecified atom stereocenters. The molecule has 0 radical (unpaired) electrons. The molecule has 0 atom stereocenters. The van der Waals surface area contributed by atoms with Crippen molar-refractivity contribution in [1.82, 2.24) is 54.6 Å². The zero-order valence-electron chi connectivity index (χ0n) is 56.6. The predicted molar refractivity (Wildman–Crippen MR) is 385 cm³/mol. The van der Waals surface area contributed by atoms with Gasteiger partial charge in [-0.3, -0.25) is 24.6 Å². The van der Waals surface area contributed by atoms with Crippen molar-refractivity contribution in [3.63, 3.8) is 0 Å². The van der Waals surface area contributed by atoms with E-state index in [9.17, 15) is 0 Å². The van der Waals surface area contributed by atoms with E-state index < -0.39 is 0 Å². The molecule has 0 amide bonds. The first-order valence-electron chi connectivity index (χ1n) is 30.5. The molecular formula is C73H127N13O2S. The Morgan fingerprint density at radius 1 is 0.573 bits per heavy atom. The number of oxime groups is 2. The van der Waals surface area contributed by atoms with Crippen LogP contribution in [0.5, 0.6) is 0 Å². The Morgan fingerprint density at radius 2 is 1.12 bits per heavy atom. The number of pyridine rings is 2. The van der Waals surface area contributed by atoms with E-state index >= 15 is 0 Å². The second-order valence-electron chi connectivity index (χ2n) is 24.0. The molecule has 89 heavy (non-hydrogen) atoms. The SMILES string of the molecule is C.C.C.C.CC(C)C1(c2ccccn2)CC1.CC(C)Cc1ccccn1.CC(C)Cc1ccnn1C.CC(C)Cc1cscn1.CC(C)c1cncnc1.CCON=CC(C)C.CON=CC(C)C.Cc1cnc(C(C)C)cn1.Cc1cnc(C(C)C)nc1. The van der Waals surface area contributed by atoms with Crippen LogP contribution < -0.4 is 0 Å². The molecule has 8 rings (SSSR count). The molecule has 0 aromatic carbocycles. The van der Waals surface area contributed by atoms with Gasteiger partial charge in [0.2, 0.25) is 0 Å². The fourth-order valence-corrected chi connectivity index (χ4v) is 7.64. The van der Waals surface area contributed by atoms with Crippen molar-refractivity contribution in [2.75, 3.05) is 13.7 Å². The molecule has 0 spiro atoms. The summed E-state index contributed by atoms with van der Waals surface area (Å²) in [6.07, 6.45) is 27.7. The molecule has 0 aliphatic heterocycles. The Hall–Kier alpha value is -6.68. The molecule has 15 nitrogen and oxygen atoms in total. The monoisotopic (exact) mass is 1250 g/mol. The number of aryl methyl sites for hydroxylation is 3.